The summed E-state index contributed by atoms with van der Waals surface area (Å²) in [6.07, 6.45) is 1.29. The van der Waals surface area contributed by atoms with E-state index < -0.39 is 5.43 Å². The molecule has 2 saturated heterocycles. The van der Waals surface area contributed by atoms with Crippen LogP contribution in [0.15, 0.2) is 33.9 Å². The Hall–Kier alpha value is -2.83. The summed E-state index contributed by atoms with van der Waals surface area (Å²) >= 11 is 0. The molecule has 2 heterocycles. The summed E-state index contributed by atoms with van der Waals surface area (Å²) in [4.78, 5) is 43.4. The van der Waals surface area contributed by atoms with Crippen LogP contribution < -0.4 is 25.6 Å². The molecular weight excluding hydrogens is 394 g/mol. The van der Waals surface area contributed by atoms with Gasteiger partial charge >= 0.3 is 5.97 Å². The van der Waals surface area contributed by atoms with Gasteiger partial charge in [0.05, 0.1) is 12.5 Å². The molecule has 2 aliphatic rings. The minimum atomic E-state index is -0.390. The largest absolute Gasteiger partial charge is 0.466 e. The second-order valence-corrected chi connectivity index (χ2v) is 8.70. The summed E-state index contributed by atoms with van der Waals surface area (Å²) in [7, 11) is 0. The van der Waals surface area contributed by atoms with Crippen LogP contribution in [0.2, 0.25) is 0 Å². The molecule has 7 nitrogen and oxygen atoms in total. The predicted octanol–water partition coefficient (Wildman–Crippen LogP) is 2.09. The van der Waals surface area contributed by atoms with Crippen LogP contribution in [0, 0.1) is 12.8 Å². The fraction of sp³-hybridized carbons (Fsp3) is 0.542. The molecule has 0 radical (unpaired) electrons. The van der Waals surface area contributed by atoms with Crippen molar-refractivity contribution in [1.82, 2.24) is 0 Å². The maximum absolute atomic E-state index is 12.5. The number of anilines is 3. The van der Waals surface area contributed by atoms with Gasteiger partial charge in [0.25, 0.3) is 10.9 Å². The Morgan fingerprint density at radius 2 is 1.71 bits per heavy atom. The van der Waals surface area contributed by atoms with Crippen LogP contribution in [0.4, 0.5) is 17.1 Å². The van der Waals surface area contributed by atoms with Crippen LogP contribution in [0.25, 0.3) is 0 Å². The van der Waals surface area contributed by atoms with E-state index in [4.69, 9.17) is 4.74 Å². The maximum Gasteiger partial charge on any atom is 0.309 e. The number of aryl methyl sites for hydroxylation is 1. The smallest absolute Gasteiger partial charge is 0.309 e. The molecule has 2 aromatic carbocycles. The maximum atomic E-state index is 12.5. The first-order valence-corrected chi connectivity index (χ1v) is 11.2. The monoisotopic (exact) mass is 425 g/mol. The molecule has 2 aromatic rings. The van der Waals surface area contributed by atoms with Crippen molar-refractivity contribution in [1.29, 1.82) is 0 Å². The fourth-order valence-corrected chi connectivity index (χ4v) is 4.90. The lowest BCUT2D eigenvalue weighted by Crippen LogP contribution is -2.56. The van der Waals surface area contributed by atoms with E-state index in [1.165, 1.54) is 11.3 Å². The van der Waals surface area contributed by atoms with E-state index in [-0.39, 0.29) is 23.4 Å². The Kier molecular flexibility index (Phi) is 6.03. The van der Waals surface area contributed by atoms with Gasteiger partial charge in [-0.25, -0.2) is 0 Å². The molecular formula is C24H31N3O4. The molecule has 0 amide bonds. The van der Waals surface area contributed by atoms with E-state index >= 15 is 0 Å². The average Bonchev–Trinajstić information content (AvgIpc) is 2.77. The predicted molar refractivity (Wildman–Crippen MR) is 123 cm³/mol. The third kappa shape index (κ3) is 4.05. The minimum absolute atomic E-state index is 0.121. The second kappa shape index (κ2) is 8.73. The molecule has 0 aliphatic carbocycles. The summed E-state index contributed by atoms with van der Waals surface area (Å²) in [6, 6.07) is 8.68. The van der Waals surface area contributed by atoms with Gasteiger partial charge < -0.3 is 19.4 Å². The van der Waals surface area contributed by atoms with Gasteiger partial charge in [0.15, 0.2) is 0 Å². The highest BCUT2D eigenvalue weighted by Gasteiger charge is 2.36. The first-order chi connectivity index (χ1) is 14.9. The van der Waals surface area contributed by atoms with Gasteiger partial charge in [-0.3, -0.25) is 14.4 Å². The Bertz CT molecular complexity index is 1020. The number of carbonyl (C=O) groups is 1. The quantitative estimate of drug-likeness (QED) is 0.537. The van der Waals surface area contributed by atoms with Crippen molar-refractivity contribution in [3.05, 3.63) is 50.3 Å². The van der Waals surface area contributed by atoms with Gasteiger partial charge in [0.1, 0.15) is 11.4 Å². The molecule has 2 fully saturated rings. The number of esters is 1. The van der Waals surface area contributed by atoms with E-state index in [1.54, 1.807) is 0 Å². The highest BCUT2D eigenvalue weighted by molar-refractivity contribution is 5.78. The minimum Gasteiger partial charge on any atom is -0.466 e. The first kappa shape index (κ1) is 21.4. The number of nitrogens with zero attached hydrogens (tertiary/aromatic N) is 3. The third-order valence-corrected chi connectivity index (χ3v) is 6.57. The molecule has 4 rings (SSSR count). The van der Waals surface area contributed by atoms with E-state index in [2.05, 4.69) is 47.9 Å². The molecule has 1 unspecified atom stereocenters. The van der Waals surface area contributed by atoms with Crippen LogP contribution >= 0.6 is 0 Å². The van der Waals surface area contributed by atoms with Crippen LogP contribution in [-0.2, 0) is 9.53 Å². The van der Waals surface area contributed by atoms with Crippen molar-refractivity contribution in [3.63, 3.8) is 0 Å². The molecule has 31 heavy (non-hydrogen) atoms. The Labute approximate surface area is 182 Å². The van der Waals surface area contributed by atoms with Crippen molar-refractivity contribution >= 4 is 23.0 Å². The molecule has 0 N–H and O–H groups in total. The number of benzene rings is 1. The standard InChI is InChI=1S/C24H31N3O4/c1-4-31-24(30)18-8-10-25(11-9-18)20-21(23(29)22(20)28)26-12-13-27(17(3)15-26)19-7-5-6-16(2)14-19/h5-7,14,17-18H,4,8-13,15H2,1-3H3. The molecule has 0 bridgehead atoms. The number of hydrogen-bond acceptors (Lipinski definition) is 7. The molecule has 2 aliphatic heterocycles. The van der Waals surface area contributed by atoms with Crippen LogP contribution in [0.1, 0.15) is 32.3 Å². The third-order valence-electron chi connectivity index (χ3n) is 6.57. The molecule has 0 spiro atoms. The zero-order chi connectivity index (χ0) is 22.1. The van der Waals surface area contributed by atoms with Gasteiger partial charge in [-0.2, -0.15) is 0 Å². The lowest BCUT2D eigenvalue weighted by Gasteiger charge is -2.44. The SMILES string of the molecule is CCOC(=O)C1CCN(c2c(N3CCN(c4cccc(C)c4)C(C)C3)c(=O)c2=O)CC1. The number of piperidine rings is 1. The van der Waals surface area contributed by atoms with Gasteiger partial charge in [-0.15, -0.1) is 0 Å². The molecule has 0 aromatic heterocycles. The van der Waals surface area contributed by atoms with Crippen LogP contribution in [-0.4, -0.2) is 51.3 Å². The fourth-order valence-electron chi connectivity index (χ4n) is 4.90. The van der Waals surface area contributed by atoms with Crippen molar-refractivity contribution in [2.75, 3.05) is 54.0 Å². The highest BCUT2D eigenvalue weighted by atomic mass is 16.5. The summed E-state index contributed by atoms with van der Waals surface area (Å²) in [5, 5.41) is 0. The van der Waals surface area contributed by atoms with Crippen LogP contribution in [0.3, 0.4) is 0 Å². The number of piperazine rings is 1. The Morgan fingerprint density at radius 1 is 1.03 bits per heavy atom. The zero-order valence-corrected chi connectivity index (χ0v) is 18.6. The highest BCUT2D eigenvalue weighted by Crippen LogP contribution is 2.31. The lowest BCUT2D eigenvalue weighted by molar-refractivity contribution is -0.148. The van der Waals surface area contributed by atoms with Crippen molar-refractivity contribution in [3.8, 4) is 0 Å². The van der Waals surface area contributed by atoms with Gasteiger partial charge in [-0.05, 0) is 51.3 Å². The van der Waals surface area contributed by atoms with Crippen molar-refractivity contribution in [2.45, 2.75) is 39.7 Å². The summed E-state index contributed by atoms with van der Waals surface area (Å²) < 4.78 is 5.13. The summed E-state index contributed by atoms with van der Waals surface area (Å²) in [6.45, 7) is 9.83. The van der Waals surface area contributed by atoms with E-state index in [9.17, 15) is 14.4 Å². The number of carbonyl (C=O) groups excluding carboxylic acids is 1. The number of ether oxygens (including phenoxy) is 1. The summed E-state index contributed by atoms with van der Waals surface area (Å²) in [5.41, 5.74) is 2.76. The van der Waals surface area contributed by atoms with Crippen LogP contribution in [0.5, 0.6) is 0 Å². The zero-order valence-electron chi connectivity index (χ0n) is 18.6. The second-order valence-electron chi connectivity index (χ2n) is 8.70. The van der Waals surface area contributed by atoms with Gasteiger partial charge in [0.2, 0.25) is 0 Å². The summed E-state index contributed by atoms with van der Waals surface area (Å²) in [5.74, 6) is -0.280. The van der Waals surface area contributed by atoms with Crippen molar-refractivity contribution < 1.29 is 9.53 Å². The first-order valence-electron chi connectivity index (χ1n) is 11.2. The van der Waals surface area contributed by atoms with Gasteiger partial charge in [0, 0.05) is 44.5 Å². The lowest BCUT2D eigenvalue weighted by atomic mass is 9.95. The van der Waals surface area contributed by atoms with E-state index in [1.807, 2.05) is 11.8 Å². The number of hydrogen-bond donors (Lipinski definition) is 0. The number of rotatable bonds is 5. The molecule has 1 atom stereocenters. The Morgan fingerprint density at radius 3 is 2.32 bits per heavy atom. The van der Waals surface area contributed by atoms with Crippen molar-refractivity contribution in [2.24, 2.45) is 5.92 Å². The van der Waals surface area contributed by atoms with E-state index in [0.717, 1.165) is 6.54 Å². The molecule has 0 saturated carbocycles. The average molecular weight is 426 g/mol. The van der Waals surface area contributed by atoms with E-state index in [0.29, 0.717) is 57.0 Å². The Balaban J connectivity index is 1.45. The normalized spacial score (nSPS) is 20.4. The van der Waals surface area contributed by atoms with Gasteiger partial charge in [-0.1, -0.05) is 12.1 Å². The topological polar surface area (TPSA) is 70.2 Å². The molecule has 7 heteroatoms. The molecule has 166 valence electrons.